The van der Waals surface area contributed by atoms with Gasteiger partial charge in [-0.25, -0.2) is 4.98 Å². The van der Waals surface area contributed by atoms with Crippen molar-refractivity contribution in [2.24, 2.45) is 5.73 Å². The fourth-order valence-corrected chi connectivity index (χ4v) is 2.50. The second-order valence-electron chi connectivity index (χ2n) is 4.73. The summed E-state index contributed by atoms with van der Waals surface area (Å²) < 4.78 is 1.76. The van der Waals surface area contributed by atoms with Gasteiger partial charge in [0.15, 0.2) is 0 Å². The summed E-state index contributed by atoms with van der Waals surface area (Å²) in [6.45, 7) is 4.54. The molecule has 2 aromatic heterocycles. The molecule has 3 rings (SSSR count). The van der Waals surface area contributed by atoms with Crippen LogP contribution in [-0.2, 0) is 6.54 Å². The van der Waals surface area contributed by atoms with Gasteiger partial charge in [0.05, 0.1) is 5.69 Å². The number of fused-ring (bicyclic) bond motifs is 1. The molecule has 1 saturated heterocycles. The molecule has 1 aliphatic rings. The van der Waals surface area contributed by atoms with Gasteiger partial charge in [-0.2, -0.15) is 0 Å². The number of hydrogen-bond donors (Lipinski definition) is 2. The smallest absolute Gasteiger partial charge is 0.267 e. The van der Waals surface area contributed by atoms with E-state index in [0.717, 1.165) is 37.5 Å². The minimum atomic E-state index is -0.427. The summed E-state index contributed by atoms with van der Waals surface area (Å²) in [5.41, 5.74) is 7.52. The molecule has 0 aromatic carbocycles. The standard InChI is InChI=1S/C13H17N5O/c14-13(19)12-10(9-17-7-4-15-5-8-17)16-11-3-1-2-6-18(11)12/h1-3,6,15H,4-5,7-9H2,(H2,14,19). The molecule has 0 unspecified atom stereocenters. The first kappa shape index (κ1) is 12.1. The Kier molecular flexibility index (Phi) is 3.18. The first-order valence-electron chi connectivity index (χ1n) is 6.44. The van der Waals surface area contributed by atoms with Gasteiger partial charge >= 0.3 is 0 Å². The zero-order valence-corrected chi connectivity index (χ0v) is 10.7. The lowest BCUT2D eigenvalue weighted by atomic mass is 10.2. The van der Waals surface area contributed by atoms with Crippen molar-refractivity contribution >= 4 is 11.6 Å². The first-order chi connectivity index (χ1) is 9.25. The van der Waals surface area contributed by atoms with Crippen LogP contribution >= 0.6 is 0 Å². The van der Waals surface area contributed by atoms with Crippen molar-refractivity contribution in [3.05, 3.63) is 35.8 Å². The predicted octanol–water partition coefficient (Wildman–Crippen LogP) is -0.162. The first-order valence-corrected chi connectivity index (χ1v) is 6.44. The van der Waals surface area contributed by atoms with Gasteiger partial charge in [0.2, 0.25) is 0 Å². The highest BCUT2D eigenvalue weighted by Gasteiger charge is 2.19. The van der Waals surface area contributed by atoms with Gasteiger partial charge in [0, 0.05) is 38.9 Å². The molecular formula is C13H17N5O. The fourth-order valence-electron chi connectivity index (χ4n) is 2.50. The van der Waals surface area contributed by atoms with E-state index in [2.05, 4.69) is 15.2 Å². The molecule has 1 fully saturated rings. The van der Waals surface area contributed by atoms with Crippen LogP contribution in [0, 0.1) is 0 Å². The van der Waals surface area contributed by atoms with E-state index in [1.165, 1.54) is 0 Å². The normalized spacial score (nSPS) is 16.8. The summed E-state index contributed by atoms with van der Waals surface area (Å²) in [5, 5.41) is 3.31. The highest BCUT2D eigenvalue weighted by atomic mass is 16.1. The van der Waals surface area contributed by atoms with Gasteiger partial charge in [-0.05, 0) is 12.1 Å². The van der Waals surface area contributed by atoms with E-state index < -0.39 is 5.91 Å². The number of pyridine rings is 1. The summed E-state index contributed by atoms with van der Waals surface area (Å²) in [5.74, 6) is -0.427. The quantitative estimate of drug-likeness (QED) is 0.803. The average molecular weight is 259 g/mol. The third-order valence-corrected chi connectivity index (χ3v) is 3.42. The number of aromatic nitrogens is 2. The third kappa shape index (κ3) is 2.32. The summed E-state index contributed by atoms with van der Waals surface area (Å²) in [6.07, 6.45) is 1.82. The minimum absolute atomic E-state index is 0.427. The summed E-state index contributed by atoms with van der Waals surface area (Å²) in [7, 11) is 0. The Balaban J connectivity index is 1.97. The second-order valence-corrected chi connectivity index (χ2v) is 4.73. The maximum absolute atomic E-state index is 11.7. The van der Waals surface area contributed by atoms with E-state index >= 15 is 0 Å². The Morgan fingerprint density at radius 3 is 2.89 bits per heavy atom. The highest BCUT2D eigenvalue weighted by molar-refractivity contribution is 5.93. The molecule has 19 heavy (non-hydrogen) atoms. The number of hydrogen-bond acceptors (Lipinski definition) is 4. The second kappa shape index (κ2) is 4.99. The van der Waals surface area contributed by atoms with E-state index in [4.69, 9.17) is 5.73 Å². The van der Waals surface area contributed by atoms with Crippen LogP contribution in [0.25, 0.3) is 5.65 Å². The average Bonchev–Trinajstić information content (AvgIpc) is 2.77. The summed E-state index contributed by atoms with van der Waals surface area (Å²) in [4.78, 5) is 18.5. The van der Waals surface area contributed by atoms with Gasteiger partial charge in [0.1, 0.15) is 11.3 Å². The van der Waals surface area contributed by atoms with E-state index in [1.807, 2.05) is 24.4 Å². The van der Waals surface area contributed by atoms with Crippen LogP contribution in [0.5, 0.6) is 0 Å². The van der Waals surface area contributed by atoms with Crippen LogP contribution in [-0.4, -0.2) is 46.4 Å². The number of carbonyl (C=O) groups excluding carboxylic acids is 1. The molecule has 1 aliphatic heterocycles. The molecule has 6 nitrogen and oxygen atoms in total. The zero-order chi connectivity index (χ0) is 13.2. The number of rotatable bonds is 3. The van der Waals surface area contributed by atoms with Crippen molar-refractivity contribution in [1.29, 1.82) is 0 Å². The number of nitrogens with one attached hydrogen (secondary N) is 1. The molecule has 3 heterocycles. The molecule has 6 heteroatoms. The Morgan fingerprint density at radius 1 is 1.37 bits per heavy atom. The Hall–Kier alpha value is -1.92. The molecule has 1 amide bonds. The molecule has 0 radical (unpaired) electrons. The number of nitrogens with zero attached hydrogens (tertiary/aromatic N) is 3. The van der Waals surface area contributed by atoms with E-state index in [9.17, 15) is 4.79 Å². The van der Waals surface area contributed by atoms with E-state index in [-0.39, 0.29) is 0 Å². The maximum atomic E-state index is 11.7. The van der Waals surface area contributed by atoms with Crippen LogP contribution in [0.2, 0.25) is 0 Å². The highest BCUT2D eigenvalue weighted by Crippen LogP contribution is 2.14. The van der Waals surface area contributed by atoms with Crippen LogP contribution in [0.1, 0.15) is 16.2 Å². The number of imidazole rings is 1. The van der Waals surface area contributed by atoms with Crippen molar-refractivity contribution in [3.8, 4) is 0 Å². The van der Waals surface area contributed by atoms with Gasteiger partial charge in [-0.1, -0.05) is 6.07 Å². The van der Waals surface area contributed by atoms with Crippen LogP contribution in [0.4, 0.5) is 0 Å². The van der Waals surface area contributed by atoms with Crippen molar-refractivity contribution in [2.75, 3.05) is 26.2 Å². The van der Waals surface area contributed by atoms with E-state index in [1.54, 1.807) is 4.40 Å². The number of primary amides is 1. The monoisotopic (exact) mass is 259 g/mol. The fraction of sp³-hybridized carbons (Fsp3) is 0.385. The molecule has 3 N–H and O–H groups in total. The Bertz CT molecular complexity index is 600. The van der Waals surface area contributed by atoms with Crippen LogP contribution < -0.4 is 11.1 Å². The molecule has 0 saturated carbocycles. The van der Waals surface area contributed by atoms with Crippen LogP contribution in [0.15, 0.2) is 24.4 Å². The molecule has 0 spiro atoms. The van der Waals surface area contributed by atoms with Crippen molar-refractivity contribution in [3.63, 3.8) is 0 Å². The number of nitrogens with two attached hydrogens (primary N) is 1. The topological polar surface area (TPSA) is 75.7 Å². The third-order valence-electron chi connectivity index (χ3n) is 3.42. The summed E-state index contributed by atoms with van der Waals surface area (Å²) >= 11 is 0. The number of piperazine rings is 1. The van der Waals surface area contributed by atoms with Crippen LogP contribution in [0.3, 0.4) is 0 Å². The van der Waals surface area contributed by atoms with Crippen molar-refractivity contribution < 1.29 is 4.79 Å². The van der Waals surface area contributed by atoms with Gasteiger partial charge in [-0.3, -0.25) is 14.1 Å². The predicted molar refractivity (Wildman–Crippen MR) is 71.9 cm³/mol. The van der Waals surface area contributed by atoms with Gasteiger partial charge < -0.3 is 11.1 Å². The number of carbonyl (C=O) groups is 1. The largest absolute Gasteiger partial charge is 0.364 e. The molecule has 0 bridgehead atoms. The number of amides is 1. The summed E-state index contributed by atoms with van der Waals surface area (Å²) in [6, 6.07) is 5.66. The Morgan fingerprint density at radius 2 is 2.16 bits per heavy atom. The SMILES string of the molecule is NC(=O)c1c(CN2CCNCC2)nc2ccccn12. The van der Waals surface area contributed by atoms with Crippen molar-refractivity contribution in [2.45, 2.75) is 6.54 Å². The lowest BCUT2D eigenvalue weighted by molar-refractivity contribution is 0.0992. The molecule has 100 valence electrons. The molecular weight excluding hydrogens is 242 g/mol. The van der Waals surface area contributed by atoms with Gasteiger partial charge in [-0.15, -0.1) is 0 Å². The molecule has 0 atom stereocenters. The lowest BCUT2D eigenvalue weighted by Crippen LogP contribution is -2.43. The zero-order valence-electron chi connectivity index (χ0n) is 10.7. The lowest BCUT2D eigenvalue weighted by Gasteiger charge is -2.26. The maximum Gasteiger partial charge on any atom is 0.267 e. The van der Waals surface area contributed by atoms with Gasteiger partial charge in [0.25, 0.3) is 5.91 Å². The Labute approximate surface area is 111 Å². The molecule has 0 aliphatic carbocycles. The molecule has 2 aromatic rings. The minimum Gasteiger partial charge on any atom is -0.364 e. The van der Waals surface area contributed by atoms with Crippen molar-refractivity contribution in [1.82, 2.24) is 19.6 Å². The van der Waals surface area contributed by atoms with E-state index in [0.29, 0.717) is 12.2 Å².